The van der Waals surface area contributed by atoms with E-state index >= 15 is 0 Å². The molecular weight excluding hydrogens is 442 g/mol. The molecule has 6 rings (SSSR count). The molecule has 2 heterocycles. The smallest absolute Gasteiger partial charge is 0.169 e. The number of pyridine rings is 1. The molecule has 0 unspecified atom stereocenters. The second-order valence-corrected chi connectivity index (χ2v) is 9.00. The van der Waals surface area contributed by atoms with Crippen LogP contribution in [0.4, 0.5) is 8.78 Å². The van der Waals surface area contributed by atoms with Gasteiger partial charge in [-0.2, -0.15) is 5.26 Å². The summed E-state index contributed by atoms with van der Waals surface area (Å²) in [7, 11) is 0. The molecule has 6 heteroatoms. The normalized spacial score (nSPS) is 14.1. The number of hydrogen-bond acceptors (Lipinski definition) is 3. The fourth-order valence-corrected chi connectivity index (χ4v) is 4.43. The summed E-state index contributed by atoms with van der Waals surface area (Å²) < 4.78 is 29.7. The van der Waals surface area contributed by atoms with Gasteiger partial charge in [0.1, 0.15) is 5.69 Å². The average molecular weight is 463 g/mol. The lowest BCUT2D eigenvalue weighted by Crippen LogP contribution is -2.02. The van der Waals surface area contributed by atoms with Gasteiger partial charge in [-0.25, -0.2) is 18.7 Å². The van der Waals surface area contributed by atoms with E-state index in [4.69, 9.17) is 0 Å². The van der Waals surface area contributed by atoms with Crippen LogP contribution in [0, 0.1) is 23.0 Å². The summed E-state index contributed by atoms with van der Waals surface area (Å²) in [6.45, 7) is 0.635. The van der Waals surface area contributed by atoms with E-state index in [1.807, 2.05) is 23.0 Å². The highest BCUT2D eigenvalue weighted by Gasteiger charge is 2.44. The fraction of sp³-hybridized carbons (Fsp3) is 0.138. The number of rotatable bonds is 5. The highest BCUT2D eigenvalue weighted by atomic mass is 19.2. The number of nitriles is 1. The van der Waals surface area contributed by atoms with Crippen LogP contribution in [0.25, 0.3) is 33.9 Å². The molecule has 2 aliphatic heterocycles. The molecule has 0 bridgehead atoms. The number of nitrogens with zero attached hydrogens (tertiary/aromatic N) is 4. The first-order valence-corrected chi connectivity index (χ1v) is 11.4. The standard InChI is InChI=1S/C29H20F2N4/c30-24-3-1-2-23(27(24)31)28-33-25-12-15-35(17-26(25)34-28)16-19-4-6-20(7-5-19)21-8-10-22(11-9-21)29(18-32)13-14-29/h1-12,15,17H,13-14,16H2. The van der Waals surface area contributed by atoms with E-state index in [0.717, 1.165) is 41.2 Å². The van der Waals surface area contributed by atoms with Crippen LogP contribution in [-0.4, -0.2) is 14.5 Å². The van der Waals surface area contributed by atoms with Crippen molar-refractivity contribution in [2.75, 3.05) is 0 Å². The molecule has 3 aromatic rings. The van der Waals surface area contributed by atoms with Crippen molar-refractivity contribution in [1.29, 1.82) is 5.26 Å². The van der Waals surface area contributed by atoms with E-state index in [9.17, 15) is 14.0 Å². The maximum atomic E-state index is 14.2. The zero-order valence-electron chi connectivity index (χ0n) is 18.7. The lowest BCUT2D eigenvalue weighted by molar-refractivity contribution is 0.510. The van der Waals surface area contributed by atoms with Crippen molar-refractivity contribution in [1.82, 2.24) is 14.5 Å². The molecular formula is C29H20F2N4. The number of fused-ring (bicyclic) bond motifs is 1. The topological polar surface area (TPSA) is 54.5 Å². The van der Waals surface area contributed by atoms with Crippen LogP contribution in [0.15, 0.2) is 85.2 Å². The molecule has 170 valence electrons. The van der Waals surface area contributed by atoms with Gasteiger partial charge in [0.15, 0.2) is 17.5 Å². The van der Waals surface area contributed by atoms with E-state index < -0.39 is 11.6 Å². The van der Waals surface area contributed by atoms with Crippen LogP contribution in [0.1, 0.15) is 24.0 Å². The van der Waals surface area contributed by atoms with Gasteiger partial charge in [0.25, 0.3) is 0 Å². The summed E-state index contributed by atoms with van der Waals surface area (Å²) in [5.74, 6) is -1.69. The van der Waals surface area contributed by atoms with Crippen molar-refractivity contribution in [3.05, 3.63) is 108 Å². The average Bonchev–Trinajstić information content (AvgIpc) is 3.58. The Bertz CT molecular complexity index is 1540. The molecule has 1 saturated carbocycles. The molecule has 35 heavy (non-hydrogen) atoms. The summed E-state index contributed by atoms with van der Waals surface area (Å²) in [5.41, 5.74) is 5.49. The van der Waals surface area contributed by atoms with Crippen LogP contribution < -0.4 is 0 Å². The number of halogens is 2. The molecule has 3 aromatic carbocycles. The second-order valence-electron chi connectivity index (χ2n) is 9.00. The number of imidazole rings is 1. The lowest BCUT2D eigenvalue weighted by Gasteiger charge is -2.10. The van der Waals surface area contributed by atoms with E-state index in [-0.39, 0.29) is 16.8 Å². The second kappa shape index (κ2) is 8.14. The van der Waals surface area contributed by atoms with Gasteiger partial charge < -0.3 is 4.57 Å². The number of benzene rings is 3. The van der Waals surface area contributed by atoms with Gasteiger partial charge in [0, 0.05) is 18.9 Å². The molecule has 0 saturated heterocycles. The number of aromatic nitrogens is 3. The van der Waals surface area contributed by atoms with Gasteiger partial charge >= 0.3 is 0 Å². The van der Waals surface area contributed by atoms with Crippen LogP contribution >= 0.6 is 0 Å². The summed E-state index contributed by atoms with van der Waals surface area (Å²) >= 11 is 0. The van der Waals surface area contributed by atoms with Gasteiger partial charge in [-0.3, -0.25) is 0 Å². The Kier molecular flexibility index (Phi) is 4.93. The molecule has 0 amide bonds. The SMILES string of the molecule is N#CC1(c2ccc(-c3ccc(Cn4ccc5nc(-c6cccc(F)c6F)nc-5c4)cc3)cc2)CC1. The van der Waals surface area contributed by atoms with Crippen molar-refractivity contribution in [3.63, 3.8) is 0 Å². The predicted octanol–water partition coefficient (Wildman–Crippen LogP) is 6.60. The minimum Gasteiger partial charge on any atom is -0.348 e. The van der Waals surface area contributed by atoms with Crippen molar-refractivity contribution >= 4 is 0 Å². The Balaban J connectivity index is 1.20. The van der Waals surface area contributed by atoms with Crippen molar-refractivity contribution in [2.45, 2.75) is 24.8 Å². The van der Waals surface area contributed by atoms with E-state index in [2.05, 4.69) is 64.6 Å². The molecule has 0 spiro atoms. The van der Waals surface area contributed by atoms with Gasteiger partial charge in [-0.15, -0.1) is 0 Å². The van der Waals surface area contributed by atoms with E-state index in [1.165, 1.54) is 12.1 Å². The molecule has 0 atom stereocenters. The summed E-state index contributed by atoms with van der Waals surface area (Å²) in [4.78, 5) is 8.78. The van der Waals surface area contributed by atoms with Gasteiger partial charge in [0.05, 0.1) is 22.7 Å². The summed E-state index contributed by atoms with van der Waals surface area (Å²) in [6, 6.07) is 24.9. The fourth-order valence-electron chi connectivity index (χ4n) is 4.43. The molecule has 4 nitrogen and oxygen atoms in total. The quantitative estimate of drug-likeness (QED) is 0.296. The molecule has 3 aliphatic rings. The first-order valence-electron chi connectivity index (χ1n) is 11.4. The Morgan fingerprint density at radius 2 is 1.54 bits per heavy atom. The van der Waals surface area contributed by atoms with Crippen LogP contribution in [0.2, 0.25) is 0 Å². The zero-order valence-corrected chi connectivity index (χ0v) is 18.7. The minimum atomic E-state index is -0.942. The maximum Gasteiger partial charge on any atom is 0.169 e. The molecule has 1 fully saturated rings. The van der Waals surface area contributed by atoms with Crippen LogP contribution in [-0.2, 0) is 12.0 Å². The summed E-state index contributed by atoms with van der Waals surface area (Å²) in [5, 5.41) is 9.39. The molecule has 0 radical (unpaired) electrons. The third-order valence-electron chi connectivity index (χ3n) is 6.67. The van der Waals surface area contributed by atoms with Crippen molar-refractivity contribution in [3.8, 4) is 40.0 Å². The Labute approximate surface area is 201 Å². The third kappa shape index (κ3) is 3.85. The molecule has 0 N–H and O–H groups in total. The Morgan fingerprint density at radius 3 is 2.23 bits per heavy atom. The number of hydrogen-bond donors (Lipinski definition) is 0. The molecule has 1 aliphatic carbocycles. The first kappa shape index (κ1) is 21.2. The Hall–Kier alpha value is -4.37. The van der Waals surface area contributed by atoms with E-state index in [0.29, 0.717) is 17.9 Å². The Morgan fingerprint density at radius 1 is 0.857 bits per heavy atom. The lowest BCUT2D eigenvalue weighted by atomic mass is 9.95. The highest BCUT2D eigenvalue weighted by molar-refractivity contribution is 5.66. The van der Waals surface area contributed by atoms with E-state index in [1.54, 1.807) is 0 Å². The van der Waals surface area contributed by atoms with Crippen LogP contribution in [0.3, 0.4) is 0 Å². The monoisotopic (exact) mass is 462 g/mol. The van der Waals surface area contributed by atoms with Gasteiger partial charge in [-0.05, 0) is 53.3 Å². The summed E-state index contributed by atoms with van der Waals surface area (Å²) in [6.07, 6.45) is 5.65. The van der Waals surface area contributed by atoms with Crippen molar-refractivity contribution < 1.29 is 8.78 Å². The minimum absolute atomic E-state index is 0.0521. The van der Waals surface area contributed by atoms with Gasteiger partial charge in [0.2, 0.25) is 0 Å². The van der Waals surface area contributed by atoms with Gasteiger partial charge in [-0.1, -0.05) is 54.6 Å². The predicted molar refractivity (Wildman–Crippen MR) is 130 cm³/mol. The van der Waals surface area contributed by atoms with Crippen LogP contribution in [0.5, 0.6) is 0 Å². The largest absolute Gasteiger partial charge is 0.348 e. The molecule has 0 aromatic heterocycles. The maximum absolute atomic E-state index is 14.2. The zero-order chi connectivity index (χ0) is 24.0. The highest BCUT2D eigenvalue weighted by Crippen LogP contribution is 2.47. The third-order valence-corrected chi connectivity index (χ3v) is 6.67. The first-order chi connectivity index (χ1) is 17.0. The van der Waals surface area contributed by atoms with Crippen molar-refractivity contribution in [2.24, 2.45) is 0 Å².